The zero-order chi connectivity index (χ0) is 11.0. The van der Waals surface area contributed by atoms with Crippen LogP contribution in [-0.4, -0.2) is 23.3 Å². The van der Waals surface area contributed by atoms with Crippen molar-refractivity contribution >= 4 is 0 Å². The fraction of sp³-hybridized carbons (Fsp3) is 1.00. The summed E-state index contributed by atoms with van der Waals surface area (Å²) in [5.74, 6) is 1.47. The predicted molar refractivity (Wildman–Crippen MR) is 65.3 cm³/mol. The van der Waals surface area contributed by atoms with Crippen molar-refractivity contribution in [3.8, 4) is 0 Å². The van der Waals surface area contributed by atoms with Crippen molar-refractivity contribution in [2.45, 2.75) is 76.0 Å². The van der Waals surface area contributed by atoms with Gasteiger partial charge in [-0.25, -0.2) is 0 Å². The van der Waals surface area contributed by atoms with Crippen LogP contribution in [-0.2, 0) is 0 Å². The first-order chi connectivity index (χ1) is 7.83. The number of hydrogen-bond acceptors (Lipinski definition) is 2. The summed E-state index contributed by atoms with van der Waals surface area (Å²) in [5, 5.41) is 13.9. The molecule has 3 aliphatic rings. The van der Waals surface area contributed by atoms with Crippen molar-refractivity contribution < 1.29 is 5.11 Å². The van der Waals surface area contributed by atoms with Gasteiger partial charge in [-0.2, -0.15) is 0 Å². The normalized spacial score (nSPS) is 44.8. The summed E-state index contributed by atoms with van der Waals surface area (Å²) in [6.45, 7) is 0. The number of nitrogens with one attached hydrogen (secondary N) is 1. The minimum Gasteiger partial charge on any atom is -0.393 e. The van der Waals surface area contributed by atoms with Crippen molar-refractivity contribution in [1.82, 2.24) is 5.32 Å². The van der Waals surface area contributed by atoms with Gasteiger partial charge in [0.2, 0.25) is 0 Å². The maximum Gasteiger partial charge on any atom is 0.0598 e. The number of hydrogen-bond donors (Lipinski definition) is 2. The van der Waals surface area contributed by atoms with Gasteiger partial charge in [-0.1, -0.05) is 32.1 Å². The van der Waals surface area contributed by atoms with Crippen LogP contribution in [0.1, 0.15) is 57.8 Å². The van der Waals surface area contributed by atoms with E-state index >= 15 is 0 Å². The average molecular weight is 223 g/mol. The van der Waals surface area contributed by atoms with Crippen molar-refractivity contribution in [3.05, 3.63) is 0 Å². The zero-order valence-corrected chi connectivity index (χ0v) is 10.2. The summed E-state index contributed by atoms with van der Waals surface area (Å²) in [6.07, 6.45) is 12.0. The highest BCUT2D eigenvalue weighted by atomic mass is 16.3. The molecule has 3 fully saturated rings. The molecule has 4 atom stereocenters. The highest BCUT2D eigenvalue weighted by Gasteiger charge is 2.41. The maximum atomic E-state index is 10.2. The molecule has 1 aliphatic carbocycles. The molecule has 2 aliphatic heterocycles. The monoisotopic (exact) mass is 223 g/mol. The molecule has 0 radical (unpaired) electrons. The molecule has 0 aromatic heterocycles. The molecule has 0 aromatic rings. The van der Waals surface area contributed by atoms with Crippen LogP contribution in [0.4, 0.5) is 0 Å². The lowest BCUT2D eigenvalue weighted by Crippen LogP contribution is -2.48. The largest absolute Gasteiger partial charge is 0.393 e. The molecule has 2 bridgehead atoms. The van der Waals surface area contributed by atoms with Gasteiger partial charge in [0.05, 0.1) is 6.10 Å². The van der Waals surface area contributed by atoms with Crippen LogP contribution in [0.5, 0.6) is 0 Å². The van der Waals surface area contributed by atoms with Crippen LogP contribution < -0.4 is 5.32 Å². The van der Waals surface area contributed by atoms with Gasteiger partial charge < -0.3 is 10.4 Å². The van der Waals surface area contributed by atoms with E-state index in [-0.39, 0.29) is 6.10 Å². The second kappa shape index (κ2) is 4.66. The summed E-state index contributed by atoms with van der Waals surface area (Å²) in [4.78, 5) is 0. The lowest BCUT2D eigenvalue weighted by molar-refractivity contribution is 0.0355. The Kier molecular flexibility index (Phi) is 3.21. The van der Waals surface area contributed by atoms with Gasteiger partial charge in [0.25, 0.3) is 0 Å². The zero-order valence-electron chi connectivity index (χ0n) is 10.2. The molecular formula is C14H25NO. The van der Waals surface area contributed by atoms with Crippen molar-refractivity contribution in [2.24, 2.45) is 11.8 Å². The van der Waals surface area contributed by atoms with Gasteiger partial charge in [-0.3, -0.25) is 0 Å². The molecule has 0 spiro atoms. The molecule has 92 valence electrons. The van der Waals surface area contributed by atoms with E-state index in [4.69, 9.17) is 0 Å². The number of piperidine rings is 1. The van der Waals surface area contributed by atoms with E-state index in [9.17, 15) is 5.11 Å². The van der Waals surface area contributed by atoms with Crippen LogP contribution in [0.3, 0.4) is 0 Å². The van der Waals surface area contributed by atoms with E-state index in [2.05, 4.69) is 5.32 Å². The second-order valence-corrected chi connectivity index (χ2v) is 6.25. The van der Waals surface area contributed by atoms with Crippen molar-refractivity contribution in [3.63, 3.8) is 0 Å². The van der Waals surface area contributed by atoms with Crippen LogP contribution in [0.2, 0.25) is 0 Å². The topological polar surface area (TPSA) is 32.3 Å². The van der Waals surface area contributed by atoms with Gasteiger partial charge in [-0.05, 0) is 31.6 Å². The molecule has 2 heterocycles. The smallest absolute Gasteiger partial charge is 0.0598 e. The molecule has 2 heteroatoms. The minimum atomic E-state index is -0.0133. The van der Waals surface area contributed by atoms with E-state index in [0.717, 1.165) is 12.3 Å². The van der Waals surface area contributed by atoms with Crippen molar-refractivity contribution in [2.75, 3.05) is 0 Å². The molecule has 4 unspecified atom stereocenters. The number of rotatable bonds is 2. The van der Waals surface area contributed by atoms with E-state index in [0.29, 0.717) is 18.0 Å². The van der Waals surface area contributed by atoms with Gasteiger partial charge in [-0.15, -0.1) is 0 Å². The Balaban J connectivity index is 1.59. The quantitative estimate of drug-likeness (QED) is 0.753. The van der Waals surface area contributed by atoms with Crippen LogP contribution >= 0.6 is 0 Å². The first-order valence-corrected chi connectivity index (χ1v) is 7.27. The lowest BCUT2D eigenvalue weighted by atomic mass is 9.77. The summed E-state index contributed by atoms with van der Waals surface area (Å²) < 4.78 is 0. The van der Waals surface area contributed by atoms with Crippen LogP contribution in [0, 0.1) is 11.8 Å². The summed E-state index contributed by atoms with van der Waals surface area (Å²) >= 11 is 0. The van der Waals surface area contributed by atoms with Gasteiger partial charge >= 0.3 is 0 Å². The van der Waals surface area contributed by atoms with Crippen LogP contribution in [0.25, 0.3) is 0 Å². The first kappa shape index (κ1) is 11.0. The van der Waals surface area contributed by atoms with E-state index in [1.165, 1.54) is 51.4 Å². The first-order valence-electron chi connectivity index (χ1n) is 7.27. The lowest BCUT2D eigenvalue weighted by Gasteiger charge is -2.37. The SMILES string of the molecule is OC1CC2CCC(N2)C1CC1CCCCC1. The molecule has 0 amide bonds. The minimum absolute atomic E-state index is 0.0133. The summed E-state index contributed by atoms with van der Waals surface area (Å²) in [7, 11) is 0. The number of aliphatic hydroxyl groups is 1. The fourth-order valence-electron chi connectivity index (χ4n) is 4.24. The molecule has 1 saturated carbocycles. The number of aliphatic hydroxyl groups excluding tert-OH is 1. The average Bonchev–Trinajstić information content (AvgIpc) is 2.70. The summed E-state index contributed by atoms with van der Waals surface area (Å²) in [6, 6.07) is 1.26. The highest BCUT2D eigenvalue weighted by Crippen LogP contribution is 2.38. The van der Waals surface area contributed by atoms with Gasteiger partial charge in [0, 0.05) is 18.0 Å². The standard InChI is InChI=1S/C14H25NO/c16-14-9-11-6-7-13(15-11)12(14)8-10-4-2-1-3-5-10/h10-16H,1-9H2. The maximum absolute atomic E-state index is 10.2. The second-order valence-electron chi connectivity index (χ2n) is 6.25. The Hall–Kier alpha value is -0.0800. The fourth-order valence-corrected chi connectivity index (χ4v) is 4.24. The van der Waals surface area contributed by atoms with E-state index in [1.54, 1.807) is 0 Å². The molecule has 2 saturated heterocycles. The highest BCUT2D eigenvalue weighted by molar-refractivity contribution is 4.98. The molecule has 2 nitrogen and oxygen atoms in total. The Morgan fingerprint density at radius 3 is 2.62 bits per heavy atom. The Morgan fingerprint density at radius 2 is 1.81 bits per heavy atom. The third kappa shape index (κ3) is 2.14. The summed E-state index contributed by atoms with van der Waals surface area (Å²) in [5.41, 5.74) is 0. The molecule has 3 rings (SSSR count). The Labute approximate surface area is 98.8 Å². The molecule has 0 aromatic carbocycles. The third-order valence-electron chi connectivity index (χ3n) is 5.14. The Morgan fingerprint density at radius 1 is 1.00 bits per heavy atom. The predicted octanol–water partition coefficient (Wildman–Crippen LogP) is 2.46. The van der Waals surface area contributed by atoms with Gasteiger partial charge in [0.1, 0.15) is 0 Å². The third-order valence-corrected chi connectivity index (χ3v) is 5.14. The van der Waals surface area contributed by atoms with Crippen LogP contribution in [0.15, 0.2) is 0 Å². The van der Waals surface area contributed by atoms with E-state index in [1.807, 2.05) is 0 Å². The molecule has 16 heavy (non-hydrogen) atoms. The Bertz CT molecular complexity index is 237. The van der Waals surface area contributed by atoms with Crippen molar-refractivity contribution in [1.29, 1.82) is 0 Å². The molecular weight excluding hydrogens is 198 g/mol. The van der Waals surface area contributed by atoms with Gasteiger partial charge in [0.15, 0.2) is 0 Å². The van der Waals surface area contributed by atoms with E-state index < -0.39 is 0 Å². The number of fused-ring (bicyclic) bond motifs is 2. The molecule has 2 N–H and O–H groups in total.